The Kier molecular flexibility index (Phi) is 12.2. The van der Waals surface area contributed by atoms with Crippen molar-refractivity contribution in [3.63, 3.8) is 0 Å². The molecule has 0 aliphatic heterocycles. The van der Waals surface area contributed by atoms with Crippen molar-refractivity contribution in [3.05, 3.63) is 111 Å². The minimum absolute atomic E-state index is 0.0216. The van der Waals surface area contributed by atoms with E-state index in [0.29, 0.717) is 21.6 Å². The first-order chi connectivity index (χ1) is 16.6. The molecule has 0 saturated heterocycles. The highest BCUT2D eigenvalue weighted by Gasteiger charge is 2.09. The lowest BCUT2D eigenvalue weighted by Crippen LogP contribution is -2.24. The molecule has 0 unspecified atom stereocenters. The van der Waals surface area contributed by atoms with Gasteiger partial charge in [0.2, 0.25) is 0 Å². The molecular formula is C20H13Cl7N6O2. The second-order valence-electron chi connectivity index (χ2n) is 6.13. The molecule has 0 saturated carbocycles. The van der Waals surface area contributed by atoms with E-state index in [1.807, 2.05) is 0 Å². The molecule has 0 fully saturated rings. The summed E-state index contributed by atoms with van der Waals surface area (Å²) in [6.45, 7) is 0.148. The summed E-state index contributed by atoms with van der Waals surface area (Å²) < 4.78 is 1.16. The number of H-pyrrole nitrogens is 1. The first-order valence-electron chi connectivity index (χ1n) is 9.20. The lowest BCUT2D eigenvalue weighted by atomic mass is 10.3. The van der Waals surface area contributed by atoms with Crippen molar-refractivity contribution >= 4 is 81.2 Å². The van der Waals surface area contributed by atoms with Crippen LogP contribution in [0.2, 0.25) is 30.1 Å². The van der Waals surface area contributed by atoms with E-state index in [1.54, 1.807) is 36.7 Å². The van der Waals surface area contributed by atoms with Crippen molar-refractivity contribution in [2.75, 3.05) is 0 Å². The normalized spacial score (nSPS) is 10.0. The molecule has 15 heteroatoms. The van der Waals surface area contributed by atoms with E-state index >= 15 is 0 Å². The largest absolute Gasteiger partial charge is 0.287 e. The fourth-order valence-electron chi connectivity index (χ4n) is 2.11. The molecule has 0 amide bonds. The quantitative estimate of drug-likeness (QED) is 0.275. The van der Waals surface area contributed by atoms with Gasteiger partial charge in [0.25, 0.3) is 11.1 Å². The van der Waals surface area contributed by atoms with Crippen molar-refractivity contribution in [1.29, 1.82) is 0 Å². The van der Waals surface area contributed by atoms with Gasteiger partial charge in [0.1, 0.15) is 10.0 Å². The Balaban J connectivity index is 0.000000203. The molecule has 0 aromatic carbocycles. The zero-order chi connectivity index (χ0) is 26.0. The third-order valence-corrected chi connectivity index (χ3v) is 6.24. The second kappa shape index (κ2) is 14.6. The summed E-state index contributed by atoms with van der Waals surface area (Å²) in [5.41, 5.74) is 0.341. The molecule has 4 heterocycles. The van der Waals surface area contributed by atoms with E-state index in [-0.39, 0.29) is 26.6 Å². The van der Waals surface area contributed by atoms with Crippen LogP contribution in [0.5, 0.6) is 0 Å². The van der Waals surface area contributed by atoms with Gasteiger partial charge in [0.15, 0.2) is 0 Å². The SMILES string of the molecule is ClCc1ncccc1Cl.O=c1[nH]ncc(Cl)c1Cl.O=c1c(Cl)c(Cl)cnn1Cc1ncccc1Cl. The molecule has 0 radical (unpaired) electrons. The number of aromatic nitrogens is 6. The Morgan fingerprint density at radius 2 is 1.34 bits per heavy atom. The summed E-state index contributed by atoms with van der Waals surface area (Å²) in [7, 11) is 0. The maximum Gasteiger partial charge on any atom is 0.287 e. The first kappa shape index (κ1) is 29.3. The van der Waals surface area contributed by atoms with Crippen LogP contribution in [0.4, 0.5) is 0 Å². The Morgan fingerprint density at radius 3 is 1.83 bits per heavy atom. The van der Waals surface area contributed by atoms with Crippen LogP contribution in [0.3, 0.4) is 0 Å². The molecule has 0 atom stereocenters. The lowest BCUT2D eigenvalue weighted by molar-refractivity contribution is 0.628. The molecule has 0 aliphatic carbocycles. The summed E-state index contributed by atoms with van der Waals surface area (Å²) in [6, 6.07) is 6.94. The Hall–Kier alpha value is -1.91. The second-order valence-corrected chi connectivity index (χ2v) is 8.78. The minimum atomic E-state index is -0.471. The van der Waals surface area contributed by atoms with Gasteiger partial charge in [-0.3, -0.25) is 19.6 Å². The number of nitrogens with one attached hydrogen (secondary N) is 1. The summed E-state index contributed by atoms with van der Waals surface area (Å²) in [4.78, 5) is 30.2. The number of hydrogen-bond donors (Lipinski definition) is 1. The molecule has 0 bridgehead atoms. The Labute approximate surface area is 233 Å². The fraction of sp³-hybridized carbons (Fsp3) is 0.100. The highest BCUT2D eigenvalue weighted by atomic mass is 35.5. The van der Waals surface area contributed by atoms with Gasteiger partial charge in [-0.2, -0.15) is 10.2 Å². The van der Waals surface area contributed by atoms with Gasteiger partial charge in [-0.25, -0.2) is 9.78 Å². The van der Waals surface area contributed by atoms with Crippen molar-refractivity contribution in [2.45, 2.75) is 12.4 Å². The molecule has 4 rings (SSSR count). The van der Waals surface area contributed by atoms with E-state index in [2.05, 4.69) is 25.3 Å². The Bertz CT molecular complexity index is 1400. The molecule has 0 spiro atoms. The molecule has 184 valence electrons. The smallest absolute Gasteiger partial charge is 0.266 e. The molecule has 4 aromatic rings. The third-order valence-electron chi connectivity index (χ3n) is 3.79. The van der Waals surface area contributed by atoms with E-state index in [1.165, 1.54) is 12.4 Å². The summed E-state index contributed by atoms with van der Waals surface area (Å²) in [5.74, 6) is 0.375. The van der Waals surface area contributed by atoms with Gasteiger partial charge in [0.05, 0.1) is 56.3 Å². The van der Waals surface area contributed by atoms with E-state index < -0.39 is 11.1 Å². The number of halogens is 7. The molecule has 0 aliphatic rings. The molecule has 8 nitrogen and oxygen atoms in total. The van der Waals surface area contributed by atoms with Crippen LogP contribution < -0.4 is 11.1 Å². The lowest BCUT2D eigenvalue weighted by Gasteiger charge is -2.06. The van der Waals surface area contributed by atoms with Crippen molar-refractivity contribution in [1.82, 2.24) is 29.9 Å². The summed E-state index contributed by atoms with van der Waals surface area (Å²) in [5, 5.41) is 10.7. The topological polar surface area (TPSA) is 106 Å². The molecule has 35 heavy (non-hydrogen) atoms. The zero-order valence-corrected chi connectivity index (χ0v) is 22.5. The molecule has 1 N–H and O–H groups in total. The van der Waals surface area contributed by atoms with Crippen LogP contribution in [-0.4, -0.2) is 29.9 Å². The summed E-state index contributed by atoms with van der Waals surface area (Å²) >= 11 is 39.3. The summed E-state index contributed by atoms with van der Waals surface area (Å²) in [6.07, 6.45) is 5.83. The average Bonchev–Trinajstić information content (AvgIpc) is 2.85. The van der Waals surface area contributed by atoms with E-state index in [4.69, 9.17) is 81.2 Å². The number of alkyl halides is 1. The monoisotopic (exact) mass is 614 g/mol. The average molecular weight is 618 g/mol. The van der Waals surface area contributed by atoms with Crippen LogP contribution in [0, 0.1) is 0 Å². The standard InChI is InChI=1S/C10H6Cl3N3O.C6H5Cl2N.C4H2Cl2N2O/c11-6-2-1-3-14-8(6)5-16-10(17)9(13)7(12)4-15-16;7-4-6-5(8)2-1-3-9-6;5-2-1-7-8-4(9)3(2)6/h1-4H,5H2;1-3H,4H2;1H,(H,8,9). The molecular weight excluding hydrogens is 604 g/mol. The predicted octanol–water partition coefficient (Wildman–Crippen LogP) is 6.20. The van der Waals surface area contributed by atoms with Crippen molar-refractivity contribution in [3.8, 4) is 0 Å². The number of rotatable bonds is 3. The van der Waals surface area contributed by atoms with Crippen molar-refractivity contribution in [2.24, 2.45) is 0 Å². The van der Waals surface area contributed by atoms with Gasteiger partial charge >= 0.3 is 0 Å². The highest BCUT2D eigenvalue weighted by molar-refractivity contribution is 6.42. The van der Waals surface area contributed by atoms with Crippen LogP contribution in [0.25, 0.3) is 0 Å². The molecule has 4 aromatic heterocycles. The van der Waals surface area contributed by atoms with Gasteiger partial charge in [0, 0.05) is 12.4 Å². The van der Waals surface area contributed by atoms with Gasteiger partial charge in [-0.1, -0.05) is 69.6 Å². The number of pyridine rings is 2. The minimum Gasteiger partial charge on any atom is -0.266 e. The van der Waals surface area contributed by atoms with E-state index in [0.717, 1.165) is 10.4 Å². The number of nitrogens with zero attached hydrogens (tertiary/aromatic N) is 5. The van der Waals surface area contributed by atoms with Crippen LogP contribution >= 0.6 is 81.2 Å². The van der Waals surface area contributed by atoms with Crippen LogP contribution in [0.1, 0.15) is 11.4 Å². The first-order valence-corrected chi connectivity index (χ1v) is 12.0. The maximum atomic E-state index is 11.7. The fourth-order valence-corrected chi connectivity index (χ4v) is 3.26. The third kappa shape index (κ3) is 8.91. The number of hydrogen-bond acceptors (Lipinski definition) is 6. The van der Waals surface area contributed by atoms with E-state index in [9.17, 15) is 9.59 Å². The highest BCUT2D eigenvalue weighted by Crippen LogP contribution is 2.17. The zero-order valence-electron chi connectivity index (χ0n) is 17.2. The predicted molar refractivity (Wildman–Crippen MR) is 141 cm³/mol. The Morgan fingerprint density at radius 1 is 0.771 bits per heavy atom. The van der Waals surface area contributed by atoms with Gasteiger partial charge < -0.3 is 0 Å². The number of aromatic amines is 1. The van der Waals surface area contributed by atoms with Crippen molar-refractivity contribution < 1.29 is 0 Å². The van der Waals surface area contributed by atoms with Crippen LogP contribution in [0.15, 0.2) is 58.6 Å². The van der Waals surface area contributed by atoms with Crippen LogP contribution in [-0.2, 0) is 12.4 Å². The van der Waals surface area contributed by atoms with Gasteiger partial charge in [-0.15, -0.1) is 11.6 Å². The van der Waals surface area contributed by atoms with Gasteiger partial charge in [-0.05, 0) is 24.3 Å². The maximum absolute atomic E-state index is 11.7.